The Balaban J connectivity index is 1.69. The molecule has 0 aliphatic heterocycles. The molecule has 0 bridgehead atoms. The predicted octanol–water partition coefficient (Wildman–Crippen LogP) is 3.33. The number of unbranched alkanes of at least 4 members (excludes halogenated alkanes) is 1. The first-order chi connectivity index (χ1) is 11.7. The fraction of sp³-hybridized carbons (Fsp3) is 0.300. The molecule has 2 aromatic carbocycles. The van der Waals surface area contributed by atoms with Crippen LogP contribution in [0.5, 0.6) is 0 Å². The Kier molecular flexibility index (Phi) is 7.02. The van der Waals surface area contributed by atoms with E-state index in [1.54, 1.807) is 0 Å². The number of benzene rings is 2. The monoisotopic (exact) mass is 324 g/mol. The highest BCUT2D eigenvalue weighted by atomic mass is 16.2. The van der Waals surface area contributed by atoms with Crippen LogP contribution in [0.15, 0.2) is 54.6 Å². The molecular weight excluding hydrogens is 300 g/mol. The highest BCUT2D eigenvalue weighted by Gasteiger charge is 2.14. The molecular formula is C20H24N2O2. The SMILES string of the molecule is CCc1ccccc1NC(=O)C(=O)NCCCCc1ccccc1. The molecule has 0 aliphatic carbocycles. The maximum absolute atomic E-state index is 11.9. The number of carbonyl (C=O) groups is 2. The Morgan fingerprint density at radius 3 is 2.33 bits per heavy atom. The molecule has 0 saturated carbocycles. The summed E-state index contributed by atoms with van der Waals surface area (Å²) in [6.45, 7) is 2.52. The van der Waals surface area contributed by atoms with Crippen LogP contribution >= 0.6 is 0 Å². The topological polar surface area (TPSA) is 58.2 Å². The zero-order valence-electron chi connectivity index (χ0n) is 14.0. The molecule has 0 spiro atoms. The van der Waals surface area contributed by atoms with Gasteiger partial charge in [-0.15, -0.1) is 0 Å². The number of carbonyl (C=O) groups excluding carboxylic acids is 2. The van der Waals surface area contributed by atoms with Crippen molar-refractivity contribution in [3.63, 3.8) is 0 Å². The molecule has 4 nitrogen and oxygen atoms in total. The van der Waals surface area contributed by atoms with Crippen LogP contribution in [0.25, 0.3) is 0 Å². The Labute approximate surface area is 143 Å². The third-order valence-electron chi connectivity index (χ3n) is 3.87. The Morgan fingerprint density at radius 1 is 0.875 bits per heavy atom. The van der Waals surface area contributed by atoms with Crippen LogP contribution < -0.4 is 10.6 Å². The number of hydrogen-bond acceptors (Lipinski definition) is 2. The maximum atomic E-state index is 11.9. The third-order valence-corrected chi connectivity index (χ3v) is 3.87. The van der Waals surface area contributed by atoms with Crippen LogP contribution in [0.3, 0.4) is 0 Å². The van der Waals surface area contributed by atoms with Gasteiger partial charge in [-0.25, -0.2) is 0 Å². The Morgan fingerprint density at radius 2 is 1.58 bits per heavy atom. The summed E-state index contributed by atoms with van der Waals surface area (Å²) >= 11 is 0. The second kappa shape index (κ2) is 9.50. The molecule has 24 heavy (non-hydrogen) atoms. The van der Waals surface area contributed by atoms with Crippen LogP contribution in [0.1, 0.15) is 30.9 Å². The second-order valence-electron chi connectivity index (χ2n) is 5.66. The van der Waals surface area contributed by atoms with Crippen LogP contribution in [0.4, 0.5) is 5.69 Å². The van der Waals surface area contributed by atoms with Gasteiger partial charge in [0.05, 0.1) is 0 Å². The molecule has 2 rings (SSSR count). The van der Waals surface area contributed by atoms with E-state index >= 15 is 0 Å². The number of rotatable bonds is 7. The van der Waals surface area contributed by atoms with Gasteiger partial charge in [0.2, 0.25) is 0 Å². The number of aryl methyl sites for hydroxylation is 2. The summed E-state index contributed by atoms with van der Waals surface area (Å²) in [7, 11) is 0. The lowest BCUT2D eigenvalue weighted by atomic mass is 10.1. The fourth-order valence-corrected chi connectivity index (χ4v) is 2.51. The van der Waals surface area contributed by atoms with Gasteiger partial charge >= 0.3 is 11.8 Å². The number of hydrogen-bond donors (Lipinski definition) is 2. The average Bonchev–Trinajstić information content (AvgIpc) is 2.62. The van der Waals surface area contributed by atoms with E-state index < -0.39 is 11.8 Å². The first-order valence-corrected chi connectivity index (χ1v) is 8.41. The second-order valence-corrected chi connectivity index (χ2v) is 5.66. The van der Waals surface area contributed by atoms with Crippen LogP contribution in [0.2, 0.25) is 0 Å². The van der Waals surface area contributed by atoms with Crippen LogP contribution in [-0.2, 0) is 22.4 Å². The average molecular weight is 324 g/mol. The van der Waals surface area contributed by atoms with Crippen molar-refractivity contribution in [3.05, 3.63) is 65.7 Å². The highest BCUT2D eigenvalue weighted by Crippen LogP contribution is 2.15. The van der Waals surface area contributed by atoms with E-state index in [4.69, 9.17) is 0 Å². The number of anilines is 1. The summed E-state index contributed by atoms with van der Waals surface area (Å²) in [5.74, 6) is -1.19. The van der Waals surface area contributed by atoms with Gasteiger partial charge in [0, 0.05) is 12.2 Å². The van der Waals surface area contributed by atoms with Gasteiger partial charge in [-0.3, -0.25) is 9.59 Å². The molecule has 2 aromatic rings. The molecule has 0 aliphatic rings. The molecule has 2 N–H and O–H groups in total. The van der Waals surface area contributed by atoms with E-state index in [9.17, 15) is 9.59 Å². The molecule has 4 heteroatoms. The molecule has 0 atom stereocenters. The number of para-hydroxylation sites is 1. The molecule has 0 aromatic heterocycles. The zero-order valence-corrected chi connectivity index (χ0v) is 14.0. The molecule has 0 radical (unpaired) electrons. The lowest BCUT2D eigenvalue weighted by molar-refractivity contribution is -0.136. The van der Waals surface area contributed by atoms with Crippen LogP contribution in [-0.4, -0.2) is 18.4 Å². The van der Waals surface area contributed by atoms with E-state index in [1.807, 2.05) is 49.4 Å². The normalized spacial score (nSPS) is 10.2. The van der Waals surface area contributed by atoms with Gasteiger partial charge in [-0.05, 0) is 42.9 Å². The maximum Gasteiger partial charge on any atom is 0.313 e. The molecule has 0 unspecified atom stereocenters. The molecule has 0 heterocycles. The molecule has 0 saturated heterocycles. The Bertz CT molecular complexity index is 668. The van der Waals surface area contributed by atoms with Gasteiger partial charge in [0.25, 0.3) is 0 Å². The van der Waals surface area contributed by atoms with E-state index in [2.05, 4.69) is 22.8 Å². The van der Waals surface area contributed by atoms with Crippen molar-refractivity contribution in [3.8, 4) is 0 Å². The highest BCUT2D eigenvalue weighted by molar-refractivity contribution is 6.39. The summed E-state index contributed by atoms with van der Waals surface area (Å²) in [5.41, 5.74) is 3.00. The fourth-order valence-electron chi connectivity index (χ4n) is 2.51. The van der Waals surface area contributed by atoms with Crippen molar-refractivity contribution >= 4 is 17.5 Å². The molecule has 126 valence electrons. The van der Waals surface area contributed by atoms with Crippen molar-refractivity contribution in [1.29, 1.82) is 0 Å². The summed E-state index contributed by atoms with van der Waals surface area (Å²) in [4.78, 5) is 23.8. The van der Waals surface area contributed by atoms with Crippen LogP contribution in [0, 0.1) is 0 Å². The van der Waals surface area contributed by atoms with Gasteiger partial charge in [-0.1, -0.05) is 55.5 Å². The van der Waals surface area contributed by atoms with Crippen molar-refractivity contribution in [2.75, 3.05) is 11.9 Å². The molecule has 2 amide bonds. The summed E-state index contributed by atoms with van der Waals surface area (Å²) in [6, 6.07) is 17.7. The lowest BCUT2D eigenvalue weighted by Crippen LogP contribution is -2.36. The van der Waals surface area contributed by atoms with Crippen molar-refractivity contribution in [2.24, 2.45) is 0 Å². The van der Waals surface area contributed by atoms with E-state index in [0.29, 0.717) is 12.2 Å². The summed E-state index contributed by atoms with van der Waals surface area (Å²) in [6.07, 6.45) is 3.61. The quantitative estimate of drug-likeness (QED) is 0.606. The van der Waals surface area contributed by atoms with E-state index in [1.165, 1.54) is 5.56 Å². The van der Waals surface area contributed by atoms with Gasteiger partial charge in [-0.2, -0.15) is 0 Å². The number of amides is 2. The van der Waals surface area contributed by atoms with Gasteiger partial charge in [0.1, 0.15) is 0 Å². The summed E-state index contributed by atoms with van der Waals surface area (Å²) < 4.78 is 0. The van der Waals surface area contributed by atoms with E-state index in [0.717, 1.165) is 31.2 Å². The Hall–Kier alpha value is -2.62. The zero-order chi connectivity index (χ0) is 17.2. The minimum absolute atomic E-state index is 0.508. The third kappa shape index (κ3) is 5.54. The van der Waals surface area contributed by atoms with Gasteiger partial charge in [0.15, 0.2) is 0 Å². The summed E-state index contributed by atoms with van der Waals surface area (Å²) in [5, 5.41) is 5.35. The lowest BCUT2D eigenvalue weighted by Gasteiger charge is -2.09. The van der Waals surface area contributed by atoms with Crippen molar-refractivity contribution < 1.29 is 9.59 Å². The van der Waals surface area contributed by atoms with Crippen molar-refractivity contribution in [1.82, 2.24) is 5.32 Å². The first-order valence-electron chi connectivity index (χ1n) is 8.41. The standard InChI is InChI=1S/C20H24N2O2/c1-2-17-13-6-7-14-18(17)22-20(24)19(23)21-15-9-8-12-16-10-4-3-5-11-16/h3-7,10-11,13-14H,2,8-9,12,15H2,1H3,(H,21,23)(H,22,24). The predicted molar refractivity (Wildman–Crippen MR) is 96.8 cm³/mol. The smallest absolute Gasteiger partial charge is 0.313 e. The minimum Gasteiger partial charge on any atom is -0.348 e. The van der Waals surface area contributed by atoms with E-state index in [-0.39, 0.29) is 0 Å². The molecule has 0 fully saturated rings. The number of nitrogens with one attached hydrogen (secondary N) is 2. The minimum atomic E-state index is -0.612. The largest absolute Gasteiger partial charge is 0.348 e. The van der Waals surface area contributed by atoms with Gasteiger partial charge < -0.3 is 10.6 Å². The van der Waals surface area contributed by atoms with Crippen molar-refractivity contribution in [2.45, 2.75) is 32.6 Å². The first kappa shape index (κ1) is 17.7.